The Bertz CT molecular complexity index is 900. The average molecular weight is 402 g/mol. The van der Waals surface area contributed by atoms with E-state index in [1.807, 2.05) is 6.07 Å². The first-order chi connectivity index (χ1) is 13.6. The number of aromatic nitrogens is 1. The molecule has 0 amide bonds. The molecule has 9 heteroatoms. The minimum Gasteiger partial charge on any atom is -0.493 e. The van der Waals surface area contributed by atoms with Gasteiger partial charge in [-0.2, -0.15) is 5.26 Å². The van der Waals surface area contributed by atoms with Gasteiger partial charge in [0.05, 0.1) is 19.4 Å². The van der Waals surface area contributed by atoms with Crippen LogP contribution < -0.4 is 9.47 Å². The molecule has 0 saturated heterocycles. The van der Waals surface area contributed by atoms with Crippen molar-refractivity contribution in [1.29, 1.82) is 5.26 Å². The van der Waals surface area contributed by atoms with E-state index in [0.717, 1.165) is 11.3 Å². The normalized spacial score (nSPS) is 10.3. The Labute approximate surface area is 165 Å². The summed E-state index contributed by atoms with van der Waals surface area (Å²) in [6, 6.07) is 6.91. The zero-order valence-corrected chi connectivity index (χ0v) is 16.2. The second kappa shape index (κ2) is 10.7. The fraction of sp³-hybridized carbons (Fsp3) is 0.263. The Balaban J connectivity index is 1.91. The van der Waals surface area contributed by atoms with E-state index in [2.05, 4.69) is 4.98 Å². The lowest BCUT2D eigenvalue weighted by Crippen LogP contribution is -2.05. The quantitative estimate of drug-likeness (QED) is 0.465. The lowest BCUT2D eigenvalue weighted by atomic mass is 10.2. The second-order valence-electron chi connectivity index (χ2n) is 5.16. The molecule has 0 spiro atoms. The molecule has 146 valence electrons. The number of thiazole rings is 1. The van der Waals surface area contributed by atoms with E-state index in [4.69, 9.17) is 24.2 Å². The number of rotatable bonds is 9. The van der Waals surface area contributed by atoms with E-state index in [-0.39, 0.29) is 24.8 Å². The number of ether oxygens (including phenoxy) is 4. The van der Waals surface area contributed by atoms with Gasteiger partial charge in [0.2, 0.25) is 5.01 Å². The van der Waals surface area contributed by atoms with E-state index in [0.29, 0.717) is 22.8 Å². The minimum absolute atomic E-state index is 0.0522. The summed E-state index contributed by atoms with van der Waals surface area (Å²) in [5, 5.41) is 10.4. The molecule has 0 radical (unpaired) electrons. The molecule has 0 aliphatic carbocycles. The van der Waals surface area contributed by atoms with Crippen molar-refractivity contribution in [1.82, 2.24) is 4.98 Å². The Morgan fingerprint density at radius 3 is 2.82 bits per heavy atom. The summed E-state index contributed by atoms with van der Waals surface area (Å²) >= 11 is 1.13. The first kappa shape index (κ1) is 20.9. The third kappa shape index (κ3) is 6.10. The lowest BCUT2D eigenvalue weighted by molar-refractivity contribution is -0.139. The largest absolute Gasteiger partial charge is 0.493 e. The summed E-state index contributed by atoms with van der Waals surface area (Å²) in [5.41, 5.74) is 1.16. The summed E-state index contributed by atoms with van der Waals surface area (Å²) in [6.07, 6.45) is 2.83. The smallest absolute Gasteiger partial charge is 0.367 e. The second-order valence-corrected chi connectivity index (χ2v) is 6.02. The number of nitriles is 1. The first-order valence-electron chi connectivity index (χ1n) is 8.21. The maximum Gasteiger partial charge on any atom is 0.367 e. The number of benzene rings is 1. The Kier molecular flexibility index (Phi) is 7.99. The van der Waals surface area contributed by atoms with Gasteiger partial charge in [-0.15, -0.1) is 11.3 Å². The highest BCUT2D eigenvalue weighted by molar-refractivity contribution is 7.11. The molecule has 1 aromatic carbocycles. The fourth-order valence-corrected chi connectivity index (χ4v) is 2.73. The SMILES string of the molecule is CCOC(=O)c1nc(COC(=O)C=Cc2ccc(OCC#N)c(OC)c2)cs1. The van der Waals surface area contributed by atoms with Gasteiger partial charge in [0.15, 0.2) is 18.1 Å². The van der Waals surface area contributed by atoms with Crippen LogP contribution in [0.4, 0.5) is 0 Å². The number of carbonyl (C=O) groups excluding carboxylic acids is 2. The summed E-state index contributed by atoms with van der Waals surface area (Å²) in [4.78, 5) is 27.5. The molecule has 0 N–H and O–H groups in total. The van der Waals surface area contributed by atoms with E-state index in [9.17, 15) is 9.59 Å². The average Bonchev–Trinajstić information content (AvgIpc) is 3.18. The van der Waals surface area contributed by atoms with Gasteiger partial charge in [0, 0.05) is 11.5 Å². The van der Waals surface area contributed by atoms with Crippen LogP contribution >= 0.6 is 11.3 Å². The zero-order chi connectivity index (χ0) is 20.4. The Morgan fingerprint density at radius 1 is 1.29 bits per heavy atom. The number of hydrogen-bond acceptors (Lipinski definition) is 9. The topological polar surface area (TPSA) is 108 Å². The van der Waals surface area contributed by atoms with Gasteiger partial charge in [-0.1, -0.05) is 6.07 Å². The molecule has 0 unspecified atom stereocenters. The number of hydrogen-bond donors (Lipinski definition) is 0. The van der Waals surface area contributed by atoms with Crippen LogP contribution in [0.25, 0.3) is 6.08 Å². The van der Waals surface area contributed by atoms with Crippen molar-refractivity contribution >= 4 is 29.4 Å². The van der Waals surface area contributed by atoms with Crippen LogP contribution in [-0.4, -0.2) is 37.2 Å². The van der Waals surface area contributed by atoms with Crippen LogP contribution in [0.15, 0.2) is 29.7 Å². The van der Waals surface area contributed by atoms with Gasteiger partial charge in [-0.3, -0.25) is 0 Å². The van der Waals surface area contributed by atoms with Crippen LogP contribution in [0.2, 0.25) is 0 Å². The van der Waals surface area contributed by atoms with Crippen molar-refractivity contribution in [2.24, 2.45) is 0 Å². The molecule has 1 aromatic heterocycles. The van der Waals surface area contributed by atoms with Crippen LogP contribution in [0, 0.1) is 11.3 Å². The van der Waals surface area contributed by atoms with Crippen molar-refractivity contribution in [2.45, 2.75) is 13.5 Å². The van der Waals surface area contributed by atoms with Crippen molar-refractivity contribution in [3.63, 3.8) is 0 Å². The van der Waals surface area contributed by atoms with Crippen LogP contribution in [0.3, 0.4) is 0 Å². The van der Waals surface area contributed by atoms with Crippen LogP contribution in [0.1, 0.15) is 28.0 Å². The predicted molar refractivity (Wildman–Crippen MR) is 101 cm³/mol. The van der Waals surface area contributed by atoms with Crippen LogP contribution in [0.5, 0.6) is 11.5 Å². The molecule has 0 fully saturated rings. The predicted octanol–water partition coefficient (Wildman–Crippen LogP) is 2.99. The fourth-order valence-electron chi connectivity index (χ4n) is 2.03. The van der Waals surface area contributed by atoms with Crippen molar-refractivity contribution in [3.05, 3.63) is 45.9 Å². The maximum atomic E-state index is 11.9. The van der Waals surface area contributed by atoms with E-state index >= 15 is 0 Å². The number of nitrogens with zero attached hydrogens (tertiary/aromatic N) is 2. The number of esters is 2. The minimum atomic E-state index is -0.561. The van der Waals surface area contributed by atoms with Gasteiger partial charge >= 0.3 is 11.9 Å². The summed E-state index contributed by atoms with van der Waals surface area (Å²) in [5.74, 6) is -0.181. The standard InChI is InChI=1S/C19H18N2O6S/c1-3-25-19(23)18-21-14(12-28-18)11-27-17(22)7-5-13-4-6-15(26-9-8-20)16(10-13)24-2/h4-7,10,12H,3,9,11H2,1-2H3. The number of carbonyl (C=O) groups is 2. The summed E-state index contributed by atoms with van der Waals surface area (Å²) in [7, 11) is 1.48. The third-order valence-corrected chi connectivity index (χ3v) is 4.13. The molecule has 8 nitrogen and oxygen atoms in total. The van der Waals surface area contributed by atoms with Crippen molar-refractivity contribution < 1.29 is 28.5 Å². The van der Waals surface area contributed by atoms with Gasteiger partial charge in [0.25, 0.3) is 0 Å². The molecule has 0 saturated carbocycles. The van der Waals surface area contributed by atoms with Crippen LogP contribution in [-0.2, 0) is 20.9 Å². The molecule has 2 aromatic rings. The highest BCUT2D eigenvalue weighted by Crippen LogP contribution is 2.28. The molecule has 2 rings (SSSR count). The molecule has 0 bridgehead atoms. The van der Waals surface area contributed by atoms with E-state index in [1.165, 1.54) is 13.2 Å². The molecule has 0 aliphatic rings. The van der Waals surface area contributed by atoms with Gasteiger partial charge in [-0.05, 0) is 30.7 Å². The Hall–Kier alpha value is -3.38. The highest BCUT2D eigenvalue weighted by Gasteiger charge is 2.12. The number of methoxy groups -OCH3 is 1. The molecule has 1 heterocycles. The molecule has 28 heavy (non-hydrogen) atoms. The molecule has 0 atom stereocenters. The molecular weight excluding hydrogens is 384 g/mol. The van der Waals surface area contributed by atoms with E-state index < -0.39 is 11.9 Å². The zero-order valence-electron chi connectivity index (χ0n) is 15.3. The Morgan fingerprint density at radius 2 is 2.11 bits per heavy atom. The van der Waals surface area contributed by atoms with Crippen molar-refractivity contribution in [3.8, 4) is 17.6 Å². The van der Waals surface area contributed by atoms with E-state index in [1.54, 1.807) is 36.6 Å². The molecular formula is C19H18N2O6S. The van der Waals surface area contributed by atoms with Crippen molar-refractivity contribution in [2.75, 3.05) is 20.3 Å². The first-order valence-corrected chi connectivity index (χ1v) is 9.09. The molecule has 0 aliphatic heterocycles. The summed E-state index contributed by atoms with van der Waals surface area (Å²) in [6.45, 7) is 1.84. The summed E-state index contributed by atoms with van der Waals surface area (Å²) < 4.78 is 20.4. The monoisotopic (exact) mass is 402 g/mol. The lowest BCUT2D eigenvalue weighted by Gasteiger charge is -2.08. The van der Waals surface area contributed by atoms with Gasteiger partial charge < -0.3 is 18.9 Å². The third-order valence-electron chi connectivity index (χ3n) is 3.26. The van der Waals surface area contributed by atoms with Gasteiger partial charge in [-0.25, -0.2) is 14.6 Å². The highest BCUT2D eigenvalue weighted by atomic mass is 32.1. The van der Waals surface area contributed by atoms with Gasteiger partial charge in [0.1, 0.15) is 12.7 Å². The maximum absolute atomic E-state index is 11.9.